The molecule has 39 heavy (non-hydrogen) atoms. The highest BCUT2D eigenvalue weighted by Crippen LogP contribution is 2.35. The molecule has 1 aliphatic carbocycles. The van der Waals surface area contributed by atoms with Gasteiger partial charge in [-0.1, -0.05) is 0 Å². The highest BCUT2D eigenvalue weighted by Gasteiger charge is 2.40. The van der Waals surface area contributed by atoms with Crippen LogP contribution in [0.25, 0.3) is 0 Å². The minimum atomic E-state index is -0.359. The van der Waals surface area contributed by atoms with Gasteiger partial charge in [-0.25, -0.2) is 4.79 Å². The lowest BCUT2D eigenvalue weighted by molar-refractivity contribution is -0.138. The van der Waals surface area contributed by atoms with Crippen LogP contribution in [0.3, 0.4) is 0 Å². The molecule has 11 nitrogen and oxygen atoms in total. The number of hydrogen-bond donors (Lipinski definition) is 1. The smallest absolute Gasteiger partial charge is 0.330 e. The van der Waals surface area contributed by atoms with Crippen LogP contribution in [0.2, 0.25) is 0 Å². The van der Waals surface area contributed by atoms with Crippen molar-refractivity contribution in [1.29, 1.82) is 0 Å². The number of nitrogens with zero attached hydrogens (tertiary/aromatic N) is 4. The number of rotatable bonds is 13. The molecule has 1 aliphatic heterocycles. The largest absolute Gasteiger partial charge is 0.385 e. The SMILES string of the molecule is COCCCn1cc(CN(C(=O)[C@H]2CNCCC2c2ccn(C)c(=O)c2)C2CC2)c(=O)n(CCCOC)c1=O. The molecule has 2 atom stereocenters. The summed E-state index contributed by atoms with van der Waals surface area (Å²) in [4.78, 5) is 54.9. The monoisotopic (exact) mass is 543 g/mol. The molecule has 11 heteroatoms. The first-order valence-corrected chi connectivity index (χ1v) is 13.8. The number of carbonyl (C=O) groups is 1. The predicted molar refractivity (Wildman–Crippen MR) is 147 cm³/mol. The van der Waals surface area contributed by atoms with Crippen molar-refractivity contribution >= 4 is 5.91 Å². The van der Waals surface area contributed by atoms with Gasteiger partial charge >= 0.3 is 5.69 Å². The van der Waals surface area contributed by atoms with Gasteiger partial charge < -0.3 is 24.3 Å². The molecule has 0 aromatic carbocycles. The van der Waals surface area contributed by atoms with Crippen molar-refractivity contribution in [3.8, 4) is 0 Å². The van der Waals surface area contributed by atoms with E-state index < -0.39 is 0 Å². The summed E-state index contributed by atoms with van der Waals surface area (Å²) < 4.78 is 14.6. The number of aryl methyl sites for hydroxylation is 2. The maximum Gasteiger partial charge on any atom is 0.330 e. The third kappa shape index (κ3) is 6.95. The van der Waals surface area contributed by atoms with Gasteiger partial charge in [0.1, 0.15) is 0 Å². The maximum atomic E-state index is 14.1. The van der Waals surface area contributed by atoms with Crippen molar-refractivity contribution in [2.75, 3.05) is 40.5 Å². The van der Waals surface area contributed by atoms with Crippen LogP contribution in [0.1, 0.15) is 49.1 Å². The van der Waals surface area contributed by atoms with Crippen molar-refractivity contribution in [2.45, 2.75) is 63.7 Å². The molecule has 214 valence electrons. The Morgan fingerprint density at radius 3 is 2.46 bits per heavy atom. The van der Waals surface area contributed by atoms with Gasteiger partial charge in [0.25, 0.3) is 11.1 Å². The molecule has 1 unspecified atom stereocenters. The number of amides is 1. The van der Waals surface area contributed by atoms with E-state index in [1.807, 2.05) is 11.0 Å². The fourth-order valence-electron chi connectivity index (χ4n) is 5.41. The normalized spacial score (nSPS) is 19.3. The number of piperidine rings is 1. The zero-order valence-electron chi connectivity index (χ0n) is 23.3. The van der Waals surface area contributed by atoms with E-state index >= 15 is 0 Å². The summed E-state index contributed by atoms with van der Waals surface area (Å²) in [5.74, 6) is -0.441. The van der Waals surface area contributed by atoms with E-state index in [0.717, 1.165) is 31.4 Å². The molecule has 1 amide bonds. The number of ether oxygens (including phenoxy) is 2. The van der Waals surface area contributed by atoms with Crippen molar-refractivity contribution in [3.05, 3.63) is 66.8 Å². The van der Waals surface area contributed by atoms with Crippen LogP contribution >= 0.6 is 0 Å². The van der Waals surface area contributed by atoms with E-state index in [0.29, 0.717) is 44.7 Å². The molecule has 1 saturated carbocycles. The summed E-state index contributed by atoms with van der Waals surface area (Å²) in [5.41, 5.74) is 0.491. The first kappa shape index (κ1) is 29.0. The van der Waals surface area contributed by atoms with Gasteiger partial charge in [-0.15, -0.1) is 0 Å². The summed E-state index contributed by atoms with van der Waals surface area (Å²) >= 11 is 0. The molecule has 0 bridgehead atoms. The summed E-state index contributed by atoms with van der Waals surface area (Å²) in [6, 6.07) is 3.62. The zero-order valence-corrected chi connectivity index (χ0v) is 23.3. The lowest BCUT2D eigenvalue weighted by Crippen LogP contribution is -2.48. The zero-order chi connectivity index (χ0) is 27.9. The summed E-state index contributed by atoms with van der Waals surface area (Å²) in [5, 5.41) is 3.35. The van der Waals surface area contributed by atoms with Crippen LogP contribution in [-0.2, 0) is 41.0 Å². The molecule has 3 heterocycles. The number of aromatic nitrogens is 3. The number of methoxy groups -OCH3 is 2. The molecule has 1 N–H and O–H groups in total. The average Bonchev–Trinajstić information content (AvgIpc) is 3.78. The second-order valence-corrected chi connectivity index (χ2v) is 10.6. The fraction of sp³-hybridized carbons (Fsp3) is 0.643. The van der Waals surface area contributed by atoms with E-state index in [9.17, 15) is 19.2 Å². The predicted octanol–water partition coefficient (Wildman–Crippen LogP) is 0.666. The standard InChI is InChI=1S/C28H41N5O6/c1-30-13-9-20(16-25(30)34)23-8-10-29-17-24(23)27(36)33(22-6-7-22)19-21-18-31(11-4-14-38-2)28(37)32(26(21)35)12-5-15-39-3/h9,13,16,18,22-24,29H,4-8,10-12,14-15,17,19H2,1-3H3/t23?,24-/m0/s1. The Morgan fingerprint density at radius 1 is 1.08 bits per heavy atom. The third-order valence-corrected chi connectivity index (χ3v) is 7.75. The Labute approximate surface area is 228 Å². The molecule has 0 radical (unpaired) electrons. The lowest BCUT2D eigenvalue weighted by Gasteiger charge is -2.35. The van der Waals surface area contributed by atoms with Gasteiger partial charge in [0.15, 0.2) is 0 Å². The van der Waals surface area contributed by atoms with Gasteiger partial charge in [0.05, 0.1) is 18.0 Å². The van der Waals surface area contributed by atoms with Crippen LogP contribution in [0.4, 0.5) is 0 Å². The van der Waals surface area contributed by atoms with Crippen LogP contribution in [0.5, 0.6) is 0 Å². The Kier molecular flexibility index (Phi) is 9.93. The second-order valence-electron chi connectivity index (χ2n) is 10.6. The Bertz CT molecular complexity index is 1310. The molecule has 2 fully saturated rings. The van der Waals surface area contributed by atoms with Crippen molar-refractivity contribution in [1.82, 2.24) is 23.9 Å². The first-order chi connectivity index (χ1) is 18.8. The van der Waals surface area contributed by atoms with Crippen LogP contribution in [-0.4, -0.2) is 71.1 Å². The number of carbonyl (C=O) groups excluding carboxylic acids is 1. The molecule has 0 spiro atoms. The third-order valence-electron chi connectivity index (χ3n) is 7.75. The Hall–Kier alpha value is -3.02. The fourth-order valence-corrected chi connectivity index (χ4v) is 5.41. The summed E-state index contributed by atoms with van der Waals surface area (Å²) in [6.07, 6.45) is 7.05. The molecule has 2 aromatic rings. The van der Waals surface area contributed by atoms with Crippen LogP contribution < -0.4 is 22.1 Å². The minimum absolute atomic E-state index is 0.0159. The van der Waals surface area contributed by atoms with Gasteiger partial charge in [0, 0.05) is 78.6 Å². The lowest BCUT2D eigenvalue weighted by atomic mass is 9.80. The van der Waals surface area contributed by atoms with Gasteiger partial charge in [-0.2, -0.15) is 0 Å². The first-order valence-electron chi connectivity index (χ1n) is 13.8. The van der Waals surface area contributed by atoms with E-state index in [1.54, 1.807) is 44.3 Å². The van der Waals surface area contributed by atoms with Crippen molar-refractivity contribution in [2.24, 2.45) is 13.0 Å². The molecule has 4 rings (SSSR count). The minimum Gasteiger partial charge on any atom is -0.385 e. The van der Waals surface area contributed by atoms with Crippen molar-refractivity contribution in [3.63, 3.8) is 0 Å². The van der Waals surface area contributed by atoms with E-state index in [2.05, 4.69) is 5.32 Å². The summed E-state index contributed by atoms with van der Waals surface area (Å²) in [6.45, 7) is 3.03. The number of pyridine rings is 1. The molecule has 2 aliphatic rings. The molecular weight excluding hydrogens is 502 g/mol. The molecule has 2 aromatic heterocycles. The van der Waals surface area contributed by atoms with Gasteiger partial charge in [0.2, 0.25) is 5.91 Å². The van der Waals surface area contributed by atoms with Crippen molar-refractivity contribution < 1.29 is 14.3 Å². The highest BCUT2D eigenvalue weighted by molar-refractivity contribution is 5.81. The quantitative estimate of drug-likeness (QED) is 0.369. The van der Waals surface area contributed by atoms with Gasteiger partial charge in [-0.05, 0) is 56.2 Å². The number of hydrogen-bond acceptors (Lipinski definition) is 7. The molecular formula is C28H41N5O6. The van der Waals surface area contributed by atoms with Crippen LogP contribution in [0, 0.1) is 5.92 Å². The highest BCUT2D eigenvalue weighted by atomic mass is 16.5. The maximum absolute atomic E-state index is 14.1. The number of nitrogens with one attached hydrogen (secondary N) is 1. The molecule has 1 saturated heterocycles. The van der Waals surface area contributed by atoms with Crippen LogP contribution in [0.15, 0.2) is 38.9 Å². The Morgan fingerprint density at radius 2 is 1.79 bits per heavy atom. The second kappa shape index (κ2) is 13.4. The van der Waals surface area contributed by atoms with E-state index in [4.69, 9.17) is 9.47 Å². The summed E-state index contributed by atoms with van der Waals surface area (Å²) in [7, 11) is 4.91. The topological polar surface area (TPSA) is 117 Å². The van der Waals surface area contributed by atoms with E-state index in [-0.39, 0.29) is 53.7 Å². The van der Waals surface area contributed by atoms with E-state index in [1.165, 1.54) is 9.13 Å². The average molecular weight is 544 g/mol. The van der Waals surface area contributed by atoms with Gasteiger partial charge in [-0.3, -0.25) is 23.5 Å². The Balaban J connectivity index is 1.64.